The highest BCUT2D eigenvalue weighted by molar-refractivity contribution is 7.21. The van der Waals surface area contributed by atoms with Gasteiger partial charge in [0, 0.05) is 10.6 Å². The number of alkyl halides is 3. The minimum Gasteiger partial charge on any atom is -0.325 e. The lowest BCUT2D eigenvalue weighted by Crippen LogP contribution is -2.29. The molecule has 0 atom stereocenters. The van der Waals surface area contributed by atoms with Crippen molar-refractivity contribution in [3.05, 3.63) is 82.4 Å². The van der Waals surface area contributed by atoms with Gasteiger partial charge in [-0.1, -0.05) is 36.4 Å². The molecule has 2 aromatic carbocycles. The summed E-state index contributed by atoms with van der Waals surface area (Å²) in [6.07, 6.45) is -4.52. The van der Waals surface area contributed by atoms with E-state index in [4.69, 9.17) is 0 Å². The van der Waals surface area contributed by atoms with E-state index in [9.17, 15) is 22.8 Å². The SMILES string of the molecule is Cc1nc2sc(-c3ccccc3)cc2c(=O)n1CC(=O)Nc1cccc(C(F)(F)F)c1. The lowest BCUT2D eigenvalue weighted by atomic mass is 10.2. The summed E-state index contributed by atoms with van der Waals surface area (Å²) in [5, 5.41) is 2.80. The quantitative estimate of drug-likeness (QED) is 0.478. The minimum absolute atomic E-state index is 0.00135. The number of aromatic nitrogens is 2. The highest BCUT2D eigenvalue weighted by Gasteiger charge is 2.30. The fourth-order valence-corrected chi connectivity index (χ4v) is 4.24. The number of carbonyl (C=O) groups excluding carboxylic acids is 1. The van der Waals surface area contributed by atoms with Crippen LogP contribution in [0.1, 0.15) is 11.4 Å². The molecule has 0 unspecified atom stereocenters. The number of hydrogen-bond donors (Lipinski definition) is 1. The summed E-state index contributed by atoms with van der Waals surface area (Å²) >= 11 is 1.38. The van der Waals surface area contributed by atoms with Crippen LogP contribution in [-0.4, -0.2) is 15.5 Å². The van der Waals surface area contributed by atoms with E-state index in [2.05, 4.69) is 10.3 Å². The van der Waals surface area contributed by atoms with Gasteiger partial charge in [0.1, 0.15) is 17.2 Å². The van der Waals surface area contributed by atoms with Gasteiger partial charge in [-0.25, -0.2) is 4.98 Å². The standard InChI is InChI=1S/C22H16F3N3O2S/c1-13-26-20-17(11-18(31-20)14-6-3-2-4-7-14)21(30)28(13)12-19(29)27-16-9-5-8-15(10-16)22(23,24)25/h2-11H,12H2,1H3,(H,27,29). The molecule has 5 nitrogen and oxygen atoms in total. The Morgan fingerprint density at radius 3 is 2.55 bits per heavy atom. The molecule has 4 rings (SSSR count). The van der Waals surface area contributed by atoms with Crippen LogP contribution in [0.5, 0.6) is 0 Å². The van der Waals surface area contributed by atoms with E-state index in [1.54, 1.807) is 13.0 Å². The molecule has 2 heterocycles. The van der Waals surface area contributed by atoms with Gasteiger partial charge in [0.25, 0.3) is 5.56 Å². The number of nitrogens with one attached hydrogen (secondary N) is 1. The molecular formula is C22H16F3N3O2S. The first kappa shape index (κ1) is 20.8. The third-order valence-corrected chi connectivity index (χ3v) is 5.75. The van der Waals surface area contributed by atoms with E-state index >= 15 is 0 Å². The first-order valence-corrected chi connectivity index (χ1v) is 10.1. The molecule has 0 aliphatic rings. The Morgan fingerprint density at radius 2 is 1.84 bits per heavy atom. The zero-order valence-electron chi connectivity index (χ0n) is 16.2. The maximum Gasteiger partial charge on any atom is 0.416 e. The van der Waals surface area contributed by atoms with Gasteiger partial charge in [-0.05, 0) is 36.8 Å². The van der Waals surface area contributed by atoms with Crippen molar-refractivity contribution in [2.45, 2.75) is 19.6 Å². The van der Waals surface area contributed by atoms with E-state index in [1.165, 1.54) is 28.0 Å². The smallest absolute Gasteiger partial charge is 0.325 e. The number of nitrogens with zero attached hydrogens (tertiary/aromatic N) is 2. The molecule has 4 aromatic rings. The number of halogens is 3. The Labute approximate surface area is 178 Å². The summed E-state index contributed by atoms with van der Waals surface area (Å²) in [6.45, 7) is 1.25. The number of carbonyl (C=O) groups is 1. The molecule has 0 bridgehead atoms. The number of fused-ring (bicyclic) bond motifs is 1. The molecule has 0 fully saturated rings. The number of thiophene rings is 1. The van der Waals surface area contributed by atoms with Crippen molar-refractivity contribution in [1.29, 1.82) is 0 Å². The monoisotopic (exact) mass is 443 g/mol. The van der Waals surface area contributed by atoms with Crippen LogP contribution in [0.4, 0.5) is 18.9 Å². The van der Waals surface area contributed by atoms with Gasteiger partial charge in [-0.15, -0.1) is 11.3 Å². The van der Waals surface area contributed by atoms with Crippen molar-refractivity contribution >= 4 is 33.1 Å². The summed E-state index contributed by atoms with van der Waals surface area (Å²) < 4.78 is 39.8. The van der Waals surface area contributed by atoms with Crippen LogP contribution >= 0.6 is 11.3 Å². The second kappa shape index (κ2) is 7.99. The molecule has 0 spiro atoms. The van der Waals surface area contributed by atoms with Crippen LogP contribution in [0.3, 0.4) is 0 Å². The summed E-state index contributed by atoms with van der Waals surface area (Å²) in [5.41, 5.74) is -0.286. The summed E-state index contributed by atoms with van der Waals surface area (Å²) in [7, 11) is 0. The number of rotatable bonds is 4. The maximum absolute atomic E-state index is 13.0. The first-order valence-electron chi connectivity index (χ1n) is 9.26. The number of anilines is 1. The molecule has 9 heteroatoms. The van der Waals surface area contributed by atoms with E-state index in [1.807, 2.05) is 30.3 Å². The number of aryl methyl sites for hydroxylation is 1. The molecule has 0 saturated carbocycles. The van der Waals surface area contributed by atoms with Gasteiger partial charge >= 0.3 is 6.18 Å². The minimum atomic E-state index is -4.52. The zero-order valence-corrected chi connectivity index (χ0v) is 17.1. The van der Waals surface area contributed by atoms with Crippen molar-refractivity contribution < 1.29 is 18.0 Å². The van der Waals surface area contributed by atoms with Gasteiger partial charge in [0.2, 0.25) is 5.91 Å². The average Bonchev–Trinajstić information content (AvgIpc) is 3.15. The van der Waals surface area contributed by atoms with Gasteiger partial charge < -0.3 is 5.32 Å². The van der Waals surface area contributed by atoms with Crippen molar-refractivity contribution in [2.24, 2.45) is 0 Å². The first-order chi connectivity index (χ1) is 14.7. The predicted octanol–water partition coefficient (Wildman–Crippen LogP) is 5.09. The van der Waals surface area contributed by atoms with Crippen LogP contribution in [0.25, 0.3) is 20.7 Å². The molecule has 0 aliphatic carbocycles. The second-order valence-corrected chi connectivity index (χ2v) is 7.90. The largest absolute Gasteiger partial charge is 0.416 e. The molecule has 1 amide bonds. The fourth-order valence-electron chi connectivity index (χ4n) is 3.17. The Kier molecular flexibility index (Phi) is 5.36. The summed E-state index contributed by atoms with van der Waals surface area (Å²) in [4.78, 5) is 31.3. The van der Waals surface area contributed by atoms with E-state index in [-0.39, 0.29) is 17.8 Å². The Balaban J connectivity index is 1.61. The number of amides is 1. The van der Waals surface area contributed by atoms with Crippen molar-refractivity contribution in [1.82, 2.24) is 9.55 Å². The van der Waals surface area contributed by atoms with E-state index < -0.39 is 17.6 Å². The third kappa shape index (κ3) is 4.36. The highest BCUT2D eigenvalue weighted by atomic mass is 32.1. The van der Waals surface area contributed by atoms with Crippen LogP contribution < -0.4 is 10.9 Å². The fraction of sp³-hybridized carbons (Fsp3) is 0.136. The molecule has 2 aromatic heterocycles. The molecule has 1 N–H and O–H groups in total. The topological polar surface area (TPSA) is 64.0 Å². The molecule has 0 aliphatic heterocycles. The predicted molar refractivity (Wildman–Crippen MR) is 114 cm³/mol. The summed E-state index contributed by atoms with van der Waals surface area (Å²) in [5.74, 6) is -0.276. The van der Waals surface area contributed by atoms with Crippen LogP contribution in [0.2, 0.25) is 0 Å². The number of benzene rings is 2. The lowest BCUT2D eigenvalue weighted by Gasteiger charge is -2.12. The van der Waals surface area contributed by atoms with Gasteiger partial charge in [0.15, 0.2) is 0 Å². The summed E-state index contributed by atoms with van der Waals surface area (Å²) in [6, 6.07) is 15.6. The van der Waals surface area contributed by atoms with Crippen molar-refractivity contribution in [2.75, 3.05) is 5.32 Å². The van der Waals surface area contributed by atoms with Gasteiger partial charge in [-0.3, -0.25) is 14.2 Å². The maximum atomic E-state index is 13.0. The van der Waals surface area contributed by atoms with E-state index in [0.717, 1.165) is 22.6 Å². The molecular weight excluding hydrogens is 427 g/mol. The van der Waals surface area contributed by atoms with Gasteiger partial charge in [0.05, 0.1) is 10.9 Å². The van der Waals surface area contributed by atoms with Gasteiger partial charge in [-0.2, -0.15) is 13.2 Å². The number of hydrogen-bond acceptors (Lipinski definition) is 4. The molecule has 31 heavy (non-hydrogen) atoms. The Bertz CT molecular complexity index is 1330. The second-order valence-electron chi connectivity index (χ2n) is 6.87. The highest BCUT2D eigenvalue weighted by Crippen LogP contribution is 2.32. The lowest BCUT2D eigenvalue weighted by molar-refractivity contribution is -0.137. The van der Waals surface area contributed by atoms with Crippen LogP contribution in [-0.2, 0) is 17.5 Å². The zero-order chi connectivity index (χ0) is 22.2. The molecule has 0 saturated heterocycles. The van der Waals surface area contributed by atoms with Crippen LogP contribution in [0, 0.1) is 6.92 Å². The third-order valence-electron chi connectivity index (χ3n) is 4.68. The van der Waals surface area contributed by atoms with Crippen molar-refractivity contribution in [3.63, 3.8) is 0 Å². The van der Waals surface area contributed by atoms with Crippen molar-refractivity contribution in [3.8, 4) is 10.4 Å². The molecule has 158 valence electrons. The molecule has 0 radical (unpaired) electrons. The Hall–Kier alpha value is -3.46. The average molecular weight is 443 g/mol. The van der Waals surface area contributed by atoms with Crippen LogP contribution in [0.15, 0.2) is 65.5 Å². The Morgan fingerprint density at radius 1 is 1.10 bits per heavy atom. The normalized spacial score (nSPS) is 11.6. The van der Waals surface area contributed by atoms with E-state index in [0.29, 0.717) is 16.0 Å².